The summed E-state index contributed by atoms with van der Waals surface area (Å²) >= 11 is 3.46. The largest absolute Gasteiger partial charge is 0.294 e. The molecule has 0 aliphatic carbocycles. The van der Waals surface area contributed by atoms with Crippen LogP contribution in [0.3, 0.4) is 0 Å². The number of carbonyl (C=O) groups is 1. The molecule has 0 spiro atoms. The van der Waals surface area contributed by atoms with Crippen LogP contribution in [0.15, 0.2) is 53.5 Å². The predicted molar refractivity (Wildman–Crippen MR) is 89.3 cm³/mol. The lowest BCUT2D eigenvalue weighted by molar-refractivity contribution is 0.0979. The van der Waals surface area contributed by atoms with E-state index >= 15 is 0 Å². The van der Waals surface area contributed by atoms with Gasteiger partial charge in [0.25, 0.3) is 0 Å². The summed E-state index contributed by atoms with van der Waals surface area (Å²) in [5.74, 6) is 0.244. The zero-order chi connectivity index (χ0) is 14.4. The number of rotatable bonds is 7. The highest BCUT2D eigenvalue weighted by molar-refractivity contribution is 9.10. The third kappa shape index (κ3) is 4.04. The van der Waals surface area contributed by atoms with Crippen LogP contribution in [0, 0.1) is 0 Å². The Bertz CT molecular complexity index is 616. The van der Waals surface area contributed by atoms with Crippen molar-refractivity contribution in [3.63, 3.8) is 0 Å². The average molecular weight is 331 g/mol. The minimum atomic E-state index is 0.244. The molecule has 0 bridgehead atoms. The van der Waals surface area contributed by atoms with Crippen LogP contribution in [0.2, 0.25) is 0 Å². The van der Waals surface area contributed by atoms with Gasteiger partial charge in [-0.1, -0.05) is 46.6 Å². The molecule has 2 heteroatoms. The van der Waals surface area contributed by atoms with Gasteiger partial charge in [0.15, 0.2) is 5.78 Å². The third-order valence-electron chi connectivity index (χ3n) is 3.44. The first-order valence-electron chi connectivity index (χ1n) is 7.04. The van der Waals surface area contributed by atoms with Gasteiger partial charge in [-0.05, 0) is 48.2 Å². The molecule has 0 N–H and O–H groups in total. The van der Waals surface area contributed by atoms with E-state index in [1.807, 2.05) is 36.4 Å². The number of halogens is 1. The highest BCUT2D eigenvalue weighted by Gasteiger charge is 2.06. The summed E-state index contributed by atoms with van der Waals surface area (Å²) in [5.41, 5.74) is 0.823. The van der Waals surface area contributed by atoms with Gasteiger partial charge in [-0.2, -0.15) is 0 Å². The fourth-order valence-electron chi connectivity index (χ4n) is 2.29. The van der Waals surface area contributed by atoms with E-state index in [9.17, 15) is 4.79 Å². The van der Waals surface area contributed by atoms with Crippen molar-refractivity contribution in [1.29, 1.82) is 0 Å². The quantitative estimate of drug-likeness (QED) is 0.349. The molecule has 0 atom stereocenters. The molecular formula is C18H19BrO. The zero-order valence-corrected chi connectivity index (χ0v) is 13.2. The molecule has 0 amide bonds. The molecule has 0 aliphatic rings. The highest BCUT2D eigenvalue weighted by Crippen LogP contribution is 2.22. The van der Waals surface area contributed by atoms with Gasteiger partial charge in [-0.3, -0.25) is 4.79 Å². The lowest BCUT2D eigenvalue weighted by atomic mass is 10.0. The highest BCUT2D eigenvalue weighted by atomic mass is 79.9. The Kier molecular flexibility index (Phi) is 5.54. The Hall–Kier alpha value is -1.41. The van der Waals surface area contributed by atoms with Crippen molar-refractivity contribution in [2.45, 2.75) is 32.1 Å². The number of hydrogen-bond donors (Lipinski definition) is 0. The van der Waals surface area contributed by atoms with Crippen LogP contribution in [0.25, 0.3) is 10.8 Å². The van der Waals surface area contributed by atoms with Crippen molar-refractivity contribution in [2.75, 3.05) is 0 Å². The number of Topliss-reactive ketones (excluding diaryl/α,β-unsaturated/α-hetero) is 1. The van der Waals surface area contributed by atoms with Gasteiger partial charge in [0, 0.05) is 16.5 Å². The maximum absolute atomic E-state index is 12.2. The second-order valence-corrected chi connectivity index (χ2v) is 5.93. The van der Waals surface area contributed by atoms with Gasteiger partial charge >= 0.3 is 0 Å². The summed E-state index contributed by atoms with van der Waals surface area (Å²) in [6.45, 7) is 3.71. The SMILES string of the molecule is C=CCCCCCC(=O)c1ccc2cc(Br)ccc2c1. The van der Waals surface area contributed by atoms with Gasteiger partial charge in [-0.25, -0.2) is 0 Å². The van der Waals surface area contributed by atoms with E-state index < -0.39 is 0 Å². The second kappa shape index (κ2) is 7.39. The van der Waals surface area contributed by atoms with E-state index in [2.05, 4.69) is 28.6 Å². The number of carbonyl (C=O) groups excluding carboxylic acids is 1. The molecule has 0 fully saturated rings. The topological polar surface area (TPSA) is 17.1 Å². The molecule has 0 aromatic heterocycles. The number of allylic oxidation sites excluding steroid dienone is 1. The van der Waals surface area contributed by atoms with Crippen LogP contribution in [-0.2, 0) is 0 Å². The summed E-state index contributed by atoms with van der Waals surface area (Å²) < 4.78 is 1.06. The number of fused-ring (bicyclic) bond motifs is 1. The van der Waals surface area contributed by atoms with Crippen molar-refractivity contribution in [1.82, 2.24) is 0 Å². The minimum absolute atomic E-state index is 0.244. The maximum Gasteiger partial charge on any atom is 0.162 e. The lowest BCUT2D eigenvalue weighted by Crippen LogP contribution is -1.98. The Labute approximate surface area is 128 Å². The minimum Gasteiger partial charge on any atom is -0.294 e. The monoisotopic (exact) mass is 330 g/mol. The fraction of sp³-hybridized carbons (Fsp3) is 0.278. The zero-order valence-electron chi connectivity index (χ0n) is 11.6. The molecule has 0 aliphatic heterocycles. The first-order chi connectivity index (χ1) is 9.70. The van der Waals surface area contributed by atoms with Gasteiger partial charge in [-0.15, -0.1) is 6.58 Å². The van der Waals surface area contributed by atoms with Crippen molar-refractivity contribution >= 4 is 32.5 Å². The average Bonchev–Trinajstić information content (AvgIpc) is 2.46. The van der Waals surface area contributed by atoms with Crippen molar-refractivity contribution in [3.05, 3.63) is 59.1 Å². The van der Waals surface area contributed by atoms with Crippen molar-refractivity contribution in [3.8, 4) is 0 Å². The summed E-state index contributed by atoms with van der Waals surface area (Å²) in [7, 11) is 0. The standard InChI is InChI=1S/C18H19BrO/c1-2-3-4-5-6-7-18(20)16-9-8-15-13-17(19)11-10-14(15)12-16/h2,8-13H,1,3-7H2. The summed E-state index contributed by atoms with van der Waals surface area (Å²) in [6.07, 6.45) is 6.80. The Morgan fingerprint density at radius 1 is 1.05 bits per heavy atom. The van der Waals surface area contributed by atoms with Gasteiger partial charge in [0.05, 0.1) is 0 Å². The molecule has 2 aromatic rings. The molecule has 0 saturated heterocycles. The number of ketones is 1. The van der Waals surface area contributed by atoms with Crippen LogP contribution in [-0.4, -0.2) is 5.78 Å². The van der Waals surface area contributed by atoms with Crippen LogP contribution in [0.1, 0.15) is 42.5 Å². The molecule has 0 radical (unpaired) electrons. The predicted octanol–water partition coefficient (Wildman–Crippen LogP) is 5.92. The molecule has 0 unspecified atom stereocenters. The van der Waals surface area contributed by atoms with Crippen molar-refractivity contribution < 1.29 is 4.79 Å². The molecule has 0 heterocycles. The molecule has 1 nitrogen and oxygen atoms in total. The molecule has 104 valence electrons. The van der Waals surface area contributed by atoms with Gasteiger partial charge in [0.2, 0.25) is 0 Å². The Morgan fingerprint density at radius 2 is 1.80 bits per heavy atom. The summed E-state index contributed by atoms with van der Waals surface area (Å²) in [5, 5.41) is 2.27. The second-order valence-electron chi connectivity index (χ2n) is 5.02. The van der Waals surface area contributed by atoms with E-state index in [0.717, 1.165) is 46.5 Å². The first-order valence-corrected chi connectivity index (χ1v) is 7.83. The lowest BCUT2D eigenvalue weighted by Gasteiger charge is -2.04. The molecule has 20 heavy (non-hydrogen) atoms. The maximum atomic E-state index is 12.2. The number of hydrogen-bond acceptors (Lipinski definition) is 1. The first kappa shape index (κ1) is 15.0. The molecular weight excluding hydrogens is 312 g/mol. The molecule has 2 aromatic carbocycles. The molecule has 0 saturated carbocycles. The number of benzene rings is 2. The van der Waals surface area contributed by atoms with Crippen LogP contribution >= 0.6 is 15.9 Å². The van der Waals surface area contributed by atoms with E-state index in [1.54, 1.807) is 0 Å². The van der Waals surface area contributed by atoms with Crippen LogP contribution in [0.5, 0.6) is 0 Å². The normalized spacial score (nSPS) is 10.7. The number of unbranched alkanes of at least 4 members (excludes halogenated alkanes) is 3. The van der Waals surface area contributed by atoms with Crippen molar-refractivity contribution in [2.24, 2.45) is 0 Å². The fourth-order valence-corrected chi connectivity index (χ4v) is 2.66. The summed E-state index contributed by atoms with van der Waals surface area (Å²) in [4.78, 5) is 12.2. The third-order valence-corrected chi connectivity index (χ3v) is 3.93. The van der Waals surface area contributed by atoms with E-state index in [4.69, 9.17) is 0 Å². The van der Waals surface area contributed by atoms with Gasteiger partial charge < -0.3 is 0 Å². The Morgan fingerprint density at radius 3 is 2.60 bits per heavy atom. The summed E-state index contributed by atoms with van der Waals surface area (Å²) in [6, 6.07) is 12.1. The van der Waals surface area contributed by atoms with E-state index in [0.29, 0.717) is 6.42 Å². The van der Waals surface area contributed by atoms with Gasteiger partial charge in [0.1, 0.15) is 0 Å². The van der Waals surface area contributed by atoms with E-state index in [-0.39, 0.29) is 5.78 Å². The molecule has 2 rings (SSSR count). The van der Waals surface area contributed by atoms with E-state index in [1.165, 1.54) is 0 Å². The van der Waals surface area contributed by atoms with Crippen LogP contribution < -0.4 is 0 Å². The Balaban J connectivity index is 1.99. The smallest absolute Gasteiger partial charge is 0.162 e. The van der Waals surface area contributed by atoms with Crippen LogP contribution in [0.4, 0.5) is 0 Å².